The van der Waals surface area contributed by atoms with Crippen molar-refractivity contribution in [1.82, 2.24) is 5.32 Å². The van der Waals surface area contributed by atoms with Gasteiger partial charge in [-0.1, -0.05) is 0 Å². The van der Waals surface area contributed by atoms with Crippen LogP contribution in [0.2, 0.25) is 0 Å². The predicted octanol–water partition coefficient (Wildman–Crippen LogP) is 2.71. The van der Waals surface area contributed by atoms with Crippen molar-refractivity contribution in [3.63, 3.8) is 0 Å². The van der Waals surface area contributed by atoms with Gasteiger partial charge < -0.3 is 0 Å². The van der Waals surface area contributed by atoms with Gasteiger partial charge in [0.1, 0.15) is 0 Å². The summed E-state index contributed by atoms with van der Waals surface area (Å²) < 4.78 is 2.87. The molecular weight excluding hydrogens is 521 g/mol. The lowest BCUT2D eigenvalue weighted by atomic mass is 10.2. The molecule has 0 heterocycles. The van der Waals surface area contributed by atoms with Gasteiger partial charge in [0.05, 0.1) is 5.56 Å². The van der Waals surface area contributed by atoms with E-state index in [0.29, 0.717) is 5.56 Å². The van der Waals surface area contributed by atoms with Crippen molar-refractivity contribution in [2.45, 2.75) is 0 Å². The van der Waals surface area contributed by atoms with Crippen molar-refractivity contribution < 1.29 is 4.79 Å². The second-order valence-electron chi connectivity index (χ2n) is 2.32. The number of halogens is 3. The van der Waals surface area contributed by atoms with Gasteiger partial charge in [-0.15, -0.1) is 0 Å². The molecule has 1 aromatic rings. The topological polar surface area (TPSA) is 52.9 Å². The van der Waals surface area contributed by atoms with E-state index in [4.69, 9.17) is 5.26 Å². The first-order chi connectivity index (χ1) is 6.56. The van der Waals surface area contributed by atoms with Gasteiger partial charge >= 0.3 is 0 Å². The second kappa shape index (κ2) is 5.45. The van der Waals surface area contributed by atoms with Crippen LogP contribution >= 0.6 is 67.8 Å². The number of carbonyl (C=O) groups excluding carboxylic acids is 1. The molecule has 0 aliphatic heterocycles. The molecule has 1 rings (SSSR count). The van der Waals surface area contributed by atoms with Crippen LogP contribution in [-0.2, 0) is 0 Å². The van der Waals surface area contributed by atoms with Crippen molar-refractivity contribution in [2.75, 3.05) is 0 Å². The summed E-state index contributed by atoms with van der Waals surface area (Å²) in [6.45, 7) is 0. The summed E-state index contributed by atoms with van der Waals surface area (Å²) in [5.41, 5.74) is 0.545. The van der Waals surface area contributed by atoms with E-state index in [9.17, 15) is 4.79 Å². The lowest BCUT2D eigenvalue weighted by Gasteiger charge is -2.04. The minimum absolute atomic E-state index is 0.353. The first kappa shape index (κ1) is 12.4. The largest absolute Gasteiger partial charge is 0.268 e. The van der Waals surface area contributed by atoms with Crippen molar-refractivity contribution in [3.8, 4) is 6.19 Å². The zero-order chi connectivity index (χ0) is 10.7. The number of nitrogens with zero attached hydrogens (tertiary/aromatic N) is 1. The Morgan fingerprint density at radius 1 is 1.36 bits per heavy atom. The molecule has 3 nitrogen and oxygen atoms in total. The maximum Gasteiger partial charge on any atom is 0.265 e. The summed E-state index contributed by atoms with van der Waals surface area (Å²) in [5, 5.41) is 10.5. The number of carbonyl (C=O) groups is 1. The zero-order valence-electron chi connectivity index (χ0n) is 6.64. The fourth-order valence-electron chi connectivity index (χ4n) is 0.839. The Morgan fingerprint density at radius 3 is 2.57 bits per heavy atom. The molecule has 0 unspecified atom stereocenters. The van der Waals surface area contributed by atoms with Gasteiger partial charge in [-0.2, -0.15) is 5.26 Å². The van der Waals surface area contributed by atoms with Gasteiger partial charge in [-0.3, -0.25) is 10.1 Å². The Kier molecular flexibility index (Phi) is 4.84. The second-order valence-corrected chi connectivity index (χ2v) is 5.80. The Balaban J connectivity index is 3.21. The highest BCUT2D eigenvalue weighted by molar-refractivity contribution is 14.1. The number of hydrogen-bond acceptors (Lipinski definition) is 2. The zero-order valence-corrected chi connectivity index (χ0v) is 13.1. The van der Waals surface area contributed by atoms with E-state index < -0.39 is 0 Å². The highest BCUT2D eigenvalue weighted by atomic mass is 127. The molecule has 0 aliphatic carbocycles. The number of rotatable bonds is 1. The van der Waals surface area contributed by atoms with Crippen LogP contribution in [0.25, 0.3) is 0 Å². The van der Waals surface area contributed by atoms with Crippen molar-refractivity contribution in [1.29, 1.82) is 5.26 Å². The Hall–Kier alpha value is 0.370. The highest BCUT2D eigenvalue weighted by Crippen LogP contribution is 2.22. The smallest absolute Gasteiger partial charge is 0.265 e. The average molecular weight is 524 g/mol. The van der Waals surface area contributed by atoms with E-state index in [1.165, 1.54) is 0 Å². The third kappa shape index (κ3) is 2.93. The summed E-state index contributed by atoms with van der Waals surface area (Å²) in [5.74, 6) is -0.353. The van der Waals surface area contributed by atoms with Gasteiger partial charge in [0.25, 0.3) is 5.91 Å². The van der Waals surface area contributed by atoms with E-state index >= 15 is 0 Å². The maximum atomic E-state index is 11.4. The van der Waals surface area contributed by atoms with E-state index in [2.05, 4.69) is 73.1 Å². The van der Waals surface area contributed by atoms with Crippen molar-refractivity contribution >= 4 is 73.7 Å². The quantitative estimate of drug-likeness (QED) is 0.266. The standard InChI is InChI=1S/C8H3I3N2O/c9-4-1-5(8(14)13-3-12)7(11)6(10)2-4/h1-2H,(H,13,14). The van der Waals surface area contributed by atoms with Crippen molar-refractivity contribution in [3.05, 3.63) is 28.4 Å². The molecule has 1 aromatic carbocycles. The molecule has 1 N–H and O–H groups in total. The maximum absolute atomic E-state index is 11.4. The van der Waals surface area contributed by atoms with Crippen molar-refractivity contribution in [2.24, 2.45) is 0 Å². The van der Waals surface area contributed by atoms with Crippen LogP contribution in [-0.4, -0.2) is 5.91 Å². The summed E-state index contributed by atoms with van der Waals surface area (Å²) in [4.78, 5) is 11.4. The Bertz CT molecular complexity index is 425. The molecule has 1 amide bonds. The molecule has 0 atom stereocenters. The number of nitrogens with one attached hydrogen (secondary N) is 1. The predicted molar refractivity (Wildman–Crippen MR) is 77.7 cm³/mol. The van der Waals surface area contributed by atoms with Crippen LogP contribution < -0.4 is 5.32 Å². The lowest BCUT2D eigenvalue weighted by molar-refractivity contribution is 0.0972. The molecule has 6 heteroatoms. The third-order valence-corrected chi connectivity index (χ3v) is 5.07. The fraction of sp³-hybridized carbons (Fsp3) is 0. The van der Waals surface area contributed by atoms with E-state index in [-0.39, 0.29) is 5.91 Å². The number of amides is 1. The minimum atomic E-state index is -0.353. The molecule has 0 spiro atoms. The minimum Gasteiger partial charge on any atom is -0.268 e. The summed E-state index contributed by atoms with van der Waals surface area (Å²) in [6.07, 6.45) is 1.62. The lowest BCUT2D eigenvalue weighted by Crippen LogP contribution is -2.19. The Labute approximate surface area is 122 Å². The first-order valence-corrected chi connectivity index (χ1v) is 6.64. The van der Waals surface area contributed by atoms with Crippen LogP contribution in [0.5, 0.6) is 0 Å². The SMILES string of the molecule is N#CNC(=O)c1cc(I)cc(I)c1I. The molecule has 0 bridgehead atoms. The van der Waals surface area contributed by atoms with Crippen LogP contribution in [0.1, 0.15) is 10.4 Å². The molecule has 0 radical (unpaired) electrons. The van der Waals surface area contributed by atoms with E-state index in [1.54, 1.807) is 12.3 Å². The molecule has 72 valence electrons. The van der Waals surface area contributed by atoms with Crippen LogP contribution in [0.4, 0.5) is 0 Å². The number of nitriles is 1. The van der Waals surface area contributed by atoms with Gasteiger partial charge in [0.2, 0.25) is 0 Å². The third-order valence-electron chi connectivity index (χ3n) is 1.41. The van der Waals surface area contributed by atoms with Gasteiger partial charge in [-0.05, 0) is 79.9 Å². The van der Waals surface area contributed by atoms with Crippen LogP contribution in [0, 0.1) is 22.2 Å². The molecule has 0 aromatic heterocycles. The average Bonchev–Trinajstić information content (AvgIpc) is 2.11. The van der Waals surface area contributed by atoms with Crippen LogP contribution in [0.3, 0.4) is 0 Å². The first-order valence-electron chi connectivity index (χ1n) is 3.40. The summed E-state index contributed by atoms with van der Waals surface area (Å²) >= 11 is 6.40. The van der Waals surface area contributed by atoms with E-state index in [0.717, 1.165) is 10.7 Å². The van der Waals surface area contributed by atoms with Gasteiger partial charge in [0, 0.05) is 10.7 Å². The normalized spacial score (nSPS) is 9.29. The van der Waals surface area contributed by atoms with Crippen LogP contribution in [0.15, 0.2) is 12.1 Å². The molecule has 0 aliphatic rings. The fourth-order valence-corrected chi connectivity index (χ4v) is 3.24. The van der Waals surface area contributed by atoms with Gasteiger partial charge in [-0.25, -0.2) is 0 Å². The molecule has 0 saturated heterocycles. The van der Waals surface area contributed by atoms with E-state index in [1.807, 2.05) is 6.07 Å². The molecule has 0 fully saturated rings. The highest BCUT2D eigenvalue weighted by Gasteiger charge is 2.12. The molecule has 0 saturated carbocycles. The monoisotopic (exact) mass is 524 g/mol. The Morgan fingerprint density at radius 2 is 2.00 bits per heavy atom. The summed E-state index contributed by atoms with van der Waals surface area (Å²) in [7, 11) is 0. The summed E-state index contributed by atoms with van der Waals surface area (Å²) in [6, 6.07) is 3.74. The molecule has 14 heavy (non-hydrogen) atoms. The molecular formula is C8H3I3N2O. The number of benzene rings is 1. The van der Waals surface area contributed by atoms with Gasteiger partial charge in [0.15, 0.2) is 6.19 Å². The number of hydrogen-bond donors (Lipinski definition) is 1.